The maximum absolute atomic E-state index is 12.0. The SMILES string of the molecule is CCN(CCC(=O)O)C(=O)c1cccn1C. The van der Waals surface area contributed by atoms with Crippen molar-refractivity contribution in [3.8, 4) is 0 Å². The van der Waals surface area contributed by atoms with Gasteiger partial charge < -0.3 is 14.6 Å². The topological polar surface area (TPSA) is 62.5 Å². The normalized spacial score (nSPS) is 10.1. The van der Waals surface area contributed by atoms with Crippen molar-refractivity contribution in [1.29, 1.82) is 0 Å². The number of nitrogens with zero attached hydrogens (tertiary/aromatic N) is 2. The largest absolute Gasteiger partial charge is 0.481 e. The fourth-order valence-electron chi connectivity index (χ4n) is 1.48. The molecule has 5 nitrogen and oxygen atoms in total. The molecule has 0 radical (unpaired) electrons. The molecule has 1 heterocycles. The summed E-state index contributed by atoms with van der Waals surface area (Å²) in [4.78, 5) is 24.0. The van der Waals surface area contributed by atoms with Crippen molar-refractivity contribution >= 4 is 11.9 Å². The molecule has 16 heavy (non-hydrogen) atoms. The summed E-state index contributed by atoms with van der Waals surface area (Å²) in [6.45, 7) is 2.59. The standard InChI is InChI=1S/C11H16N2O3/c1-3-13(8-6-10(14)15)11(16)9-5-4-7-12(9)2/h4-5,7H,3,6,8H2,1-2H3,(H,14,15). The first-order valence-electron chi connectivity index (χ1n) is 5.18. The van der Waals surface area contributed by atoms with E-state index in [0.717, 1.165) is 0 Å². The first kappa shape index (κ1) is 12.3. The lowest BCUT2D eigenvalue weighted by Crippen LogP contribution is -2.33. The molecule has 5 heteroatoms. The maximum atomic E-state index is 12.0. The van der Waals surface area contributed by atoms with Crippen LogP contribution in [-0.2, 0) is 11.8 Å². The van der Waals surface area contributed by atoms with Gasteiger partial charge >= 0.3 is 5.97 Å². The van der Waals surface area contributed by atoms with Gasteiger partial charge in [0.2, 0.25) is 0 Å². The van der Waals surface area contributed by atoms with Gasteiger partial charge in [0.05, 0.1) is 6.42 Å². The van der Waals surface area contributed by atoms with Crippen molar-refractivity contribution in [2.75, 3.05) is 13.1 Å². The number of aliphatic carboxylic acids is 1. The van der Waals surface area contributed by atoms with E-state index in [9.17, 15) is 9.59 Å². The number of hydrogen-bond donors (Lipinski definition) is 1. The minimum Gasteiger partial charge on any atom is -0.481 e. The van der Waals surface area contributed by atoms with E-state index in [1.54, 1.807) is 29.9 Å². The second-order valence-corrected chi connectivity index (χ2v) is 3.53. The Morgan fingerprint density at radius 3 is 2.62 bits per heavy atom. The van der Waals surface area contributed by atoms with Crippen molar-refractivity contribution in [3.63, 3.8) is 0 Å². The predicted octanol–water partition coefficient (Wildman–Crippen LogP) is 0.962. The Morgan fingerprint density at radius 1 is 1.50 bits per heavy atom. The molecule has 1 aromatic heterocycles. The number of carboxylic acid groups (broad SMARTS) is 1. The van der Waals surface area contributed by atoms with E-state index in [1.165, 1.54) is 4.90 Å². The minimum atomic E-state index is -0.891. The van der Waals surface area contributed by atoms with E-state index in [1.807, 2.05) is 6.92 Å². The Bertz CT molecular complexity index is 384. The summed E-state index contributed by atoms with van der Waals surface area (Å²) in [6.07, 6.45) is 1.77. The van der Waals surface area contributed by atoms with Crippen molar-refractivity contribution in [3.05, 3.63) is 24.0 Å². The molecule has 1 N–H and O–H groups in total. The zero-order valence-corrected chi connectivity index (χ0v) is 9.51. The molecule has 0 aromatic carbocycles. The van der Waals surface area contributed by atoms with Gasteiger partial charge in [0.25, 0.3) is 5.91 Å². The number of aryl methyl sites for hydroxylation is 1. The first-order chi connectivity index (χ1) is 7.56. The van der Waals surface area contributed by atoms with Crippen molar-refractivity contribution in [1.82, 2.24) is 9.47 Å². The molecule has 0 aliphatic rings. The molecule has 0 aliphatic carbocycles. The van der Waals surface area contributed by atoms with E-state index < -0.39 is 5.97 Å². The van der Waals surface area contributed by atoms with Crippen molar-refractivity contribution in [2.24, 2.45) is 7.05 Å². The van der Waals surface area contributed by atoms with Crippen LogP contribution >= 0.6 is 0 Å². The Hall–Kier alpha value is -1.78. The molecular formula is C11H16N2O3. The van der Waals surface area contributed by atoms with Gasteiger partial charge in [0.15, 0.2) is 0 Å². The van der Waals surface area contributed by atoms with Gasteiger partial charge in [0.1, 0.15) is 5.69 Å². The average Bonchev–Trinajstić information content (AvgIpc) is 2.64. The third-order valence-electron chi connectivity index (χ3n) is 2.43. The Morgan fingerprint density at radius 2 is 2.19 bits per heavy atom. The van der Waals surface area contributed by atoms with Crippen LogP contribution in [0.2, 0.25) is 0 Å². The number of carbonyl (C=O) groups excluding carboxylic acids is 1. The summed E-state index contributed by atoms with van der Waals surface area (Å²) in [5, 5.41) is 8.58. The van der Waals surface area contributed by atoms with Crippen LogP contribution in [0.4, 0.5) is 0 Å². The van der Waals surface area contributed by atoms with Gasteiger partial charge in [-0.3, -0.25) is 9.59 Å². The van der Waals surface area contributed by atoms with Crippen molar-refractivity contribution in [2.45, 2.75) is 13.3 Å². The van der Waals surface area contributed by atoms with E-state index in [4.69, 9.17) is 5.11 Å². The van der Waals surface area contributed by atoms with Gasteiger partial charge in [0, 0.05) is 26.3 Å². The number of carboxylic acids is 1. The summed E-state index contributed by atoms with van der Waals surface area (Å²) in [6, 6.07) is 3.52. The highest BCUT2D eigenvalue weighted by Crippen LogP contribution is 2.05. The maximum Gasteiger partial charge on any atom is 0.305 e. The molecule has 0 fully saturated rings. The predicted molar refractivity (Wildman–Crippen MR) is 59.2 cm³/mol. The van der Waals surface area contributed by atoms with Crippen LogP contribution in [0.5, 0.6) is 0 Å². The molecular weight excluding hydrogens is 208 g/mol. The molecule has 0 atom stereocenters. The Balaban J connectivity index is 2.70. The number of aromatic nitrogens is 1. The molecule has 0 bridgehead atoms. The minimum absolute atomic E-state index is 0.0238. The van der Waals surface area contributed by atoms with Gasteiger partial charge in [-0.25, -0.2) is 0 Å². The quantitative estimate of drug-likeness (QED) is 0.810. The second-order valence-electron chi connectivity index (χ2n) is 3.53. The third-order valence-corrected chi connectivity index (χ3v) is 2.43. The third kappa shape index (κ3) is 2.85. The van der Waals surface area contributed by atoms with E-state index in [0.29, 0.717) is 12.2 Å². The van der Waals surface area contributed by atoms with E-state index in [2.05, 4.69) is 0 Å². The van der Waals surface area contributed by atoms with Crippen LogP contribution in [0.3, 0.4) is 0 Å². The lowest BCUT2D eigenvalue weighted by atomic mass is 10.3. The van der Waals surface area contributed by atoms with Gasteiger partial charge in [-0.2, -0.15) is 0 Å². The fraction of sp³-hybridized carbons (Fsp3) is 0.455. The Kier molecular flexibility index (Phi) is 4.10. The zero-order valence-electron chi connectivity index (χ0n) is 9.51. The second kappa shape index (κ2) is 5.34. The van der Waals surface area contributed by atoms with Gasteiger partial charge in [-0.05, 0) is 19.1 Å². The highest BCUT2D eigenvalue weighted by molar-refractivity contribution is 5.92. The smallest absolute Gasteiger partial charge is 0.305 e. The molecule has 0 spiro atoms. The number of amides is 1. The fourth-order valence-corrected chi connectivity index (χ4v) is 1.48. The molecule has 0 aliphatic heterocycles. The lowest BCUT2D eigenvalue weighted by Gasteiger charge is -2.20. The molecule has 0 saturated heterocycles. The summed E-state index contributed by atoms with van der Waals surface area (Å²) >= 11 is 0. The lowest BCUT2D eigenvalue weighted by molar-refractivity contribution is -0.137. The molecule has 0 unspecified atom stereocenters. The number of rotatable bonds is 5. The number of hydrogen-bond acceptors (Lipinski definition) is 2. The van der Waals surface area contributed by atoms with E-state index >= 15 is 0 Å². The monoisotopic (exact) mass is 224 g/mol. The average molecular weight is 224 g/mol. The Labute approximate surface area is 94.3 Å². The van der Waals surface area contributed by atoms with Gasteiger partial charge in [-0.1, -0.05) is 0 Å². The summed E-state index contributed by atoms with van der Waals surface area (Å²) < 4.78 is 1.73. The molecule has 0 saturated carbocycles. The highest BCUT2D eigenvalue weighted by Gasteiger charge is 2.16. The first-order valence-corrected chi connectivity index (χ1v) is 5.18. The molecule has 1 amide bonds. The molecule has 1 rings (SSSR count). The summed E-state index contributed by atoms with van der Waals surface area (Å²) in [7, 11) is 1.79. The summed E-state index contributed by atoms with van der Waals surface area (Å²) in [5.41, 5.74) is 0.576. The highest BCUT2D eigenvalue weighted by atomic mass is 16.4. The van der Waals surface area contributed by atoms with Gasteiger partial charge in [-0.15, -0.1) is 0 Å². The zero-order chi connectivity index (χ0) is 12.1. The molecule has 1 aromatic rings. The van der Waals surface area contributed by atoms with Crippen LogP contribution < -0.4 is 0 Å². The van der Waals surface area contributed by atoms with Crippen LogP contribution in [0.15, 0.2) is 18.3 Å². The van der Waals surface area contributed by atoms with E-state index in [-0.39, 0.29) is 18.9 Å². The van der Waals surface area contributed by atoms with Crippen LogP contribution in [-0.4, -0.2) is 39.5 Å². The summed E-state index contributed by atoms with van der Waals surface area (Å²) in [5.74, 6) is -1.02. The van der Waals surface area contributed by atoms with Crippen LogP contribution in [0, 0.1) is 0 Å². The number of carbonyl (C=O) groups is 2. The van der Waals surface area contributed by atoms with Crippen LogP contribution in [0.1, 0.15) is 23.8 Å². The molecule has 88 valence electrons. The van der Waals surface area contributed by atoms with Crippen molar-refractivity contribution < 1.29 is 14.7 Å². The van der Waals surface area contributed by atoms with Crippen LogP contribution in [0.25, 0.3) is 0 Å².